The molecule has 1 heterocycles. The average Bonchev–Trinajstić information content (AvgIpc) is 3.37. The molecule has 3 rings (SSSR count). The van der Waals surface area contributed by atoms with Gasteiger partial charge in [-0.3, -0.25) is 15.5 Å². The fourth-order valence-electron chi connectivity index (χ4n) is 2.61. The van der Waals surface area contributed by atoms with E-state index in [0.29, 0.717) is 11.8 Å². The molecule has 0 aliphatic carbocycles. The Morgan fingerprint density at radius 1 is 0.930 bits per heavy atom. The van der Waals surface area contributed by atoms with Gasteiger partial charge in [-0.15, -0.1) is 5.10 Å². The minimum Gasteiger partial charge on any atom is -0.475 e. The number of hydrogen-bond acceptors (Lipinski definition) is 7. The van der Waals surface area contributed by atoms with Gasteiger partial charge in [-0.25, -0.2) is 14.3 Å². The van der Waals surface area contributed by atoms with Gasteiger partial charge in [0, 0.05) is 5.56 Å². The Morgan fingerprint density at radius 3 is 1.86 bits per heavy atom. The Kier molecular flexibility index (Phi) is 11.6. The monoisotopic (exact) mass is 632 g/mol. The number of carbonyl (C=O) groups is 3. The molecule has 0 atom stereocenters. The zero-order valence-corrected chi connectivity index (χ0v) is 21.0. The lowest BCUT2D eigenvalue weighted by atomic mass is 10.0. The normalized spacial score (nSPS) is 11.2. The number of para-hydroxylation sites is 2. The molecule has 1 amide bonds. The molecule has 234 valence electrons. The number of halogens is 9. The van der Waals surface area contributed by atoms with Gasteiger partial charge in [0.05, 0.1) is 18.0 Å². The van der Waals surface area contributed by atoms with Crippen molar-refractivity contribution >= 4 is 23.8 Å². The van der Waals surface area contributed by atoms with Crippen molar-refractivity contribution < 1.29 is 68.8 Å². The number of alkyl halides is 9. The third-order valence-corrected chi connectivity index (χ3v) is 4.36. The van der Waals surface area contributed by atoms with E-state index in [1.807, 2.05) is 5.32 Å². The zero-order valence-electron chi connectivity index (χ0n) is 21.0. The predicted octanol–water partition coefficient (Wildman–Crippen LogP) is 4.28. The molecule has 6 N–H and O–H groups in total. The number of amides is 1. The standard InChI is InChI=1S/C18H15F3N6O2.2C2HF3O2/c1-10-8-15(12(18(19,20)21)9-11(10)16(28)25-17(22)23)29-14-5-3-2-4-13(14)27-7-6-24-26-27;2*3-2(4,5)1(6)7/h2-9H,1H3,(H4,22,23,25,28);2*(H,6,7). The summed E-state index contributed by atoms with van der Waals surface area (Å²) in [6.07, 6.45) is -12.0. The molecule has 12 nitrogen and oxygen atoms in total. The number of nitrogens with two attached hydrogens (primary N) is 1. The lowest BCUT2D eigenvalue weighted by Crippen LogP contribution is -2.36. The van der Waals surface area contributed by atoms with Gasteiger partial charge in [-0.1, -0.05) is 17.3 Å². The molecule has 2 aromatic carbocycles. The second-order valence-electron chi connectivity index (χ2n) is 7.55. The highest BCUT2D eigenvalue weighted by atomic mass is 19.4. The molecule has 0 aliphatic rings. The number of guanidine groups is 1. The topological polar surface area (TPSA) is 194 Å². The predicted molar refractivity (Wildman–Crippen MR) is 124 cm³/mol. The van der Waals surface area contributed by atoms with Crippen LogP contribution in [0, 0.1) is 12.3 Å². The maximum absolute atomic E-state index is 13.7. The van der Waals surface area contributed by atoms with Crippen molar-refractivity contribution in [1.29, 1.82) is 5.41 Å². The van der Waals surface area contributed by atoms with Crippen LogP contribution in [0.3, 0.4) is 0 Å². The Morgan fingerprint density at radius 2 is 1.44 bits per heavy atom. The Balaban J connectivity index is 0.000000548. The van der Waals surface area contributed by atoms with Gasteiger partial charge < -0.3 is 20.7 Å². The summed E-state index contributed by atoms with van der Waals surface area (Å²) in [4.78, 5) is 29.9. The summed E-state index contributed by atoms with van der Waals surface area (Å²) in [6, 6.07) is 8.15. The number of rotatable bonds is 4. The number of aliphatic carboxylic acids is 2. The molecule has 0 spiro atoms. The molecule has 0 aliphatic heterocycles. The number of carboxylic acid groups (broad SMARTS) is 2. The van der Waals surface area contributed by atoms with Crippen LogP contribution in [0.15, 0.2) is 48.8 Å². The van der Waals surface area contributed by atoms with Crippen LogP contribution < -0.4 is 15.8 Å². The highest BCUT2D eigenvalue weighted by Gasteiger charge is 2.39. The third kappa shape index (κ3) is 11.2. The van der Waals surface area contributed by atoms with E-state index >= 15 is 0 Å². The first-order valence-corrected chi connectivity index (χ1v) is 10.7. The van der Waals surface area contributed by atoms with Gasteiger partial charge >= 0.3 is 30.5 Å². The number of aromatic nitrogens is 3. The van der Waals surface area contributed by atoms with Gasteiger partial charge in [0.2, 0.25) is 0 Å². The van der Waals surface area contributed by atoms with E-state index in [1.165, 1.54) is 30.1 Å². The molecule has 3 aromatic rings. The van der Waals surface area contributed by atoms with E-state index in [2.05, 4.69) is 10.3 Å². The molecule has 0 radical (unpaired) electrons. The van der Waals surface area contributed by atoms with E-state index in [-0.39, 0.29) is 16.9 Å². The summed E-state index contributed by atoms with van der Waals surface area (Å²) in [6.45, 7) is 1.45. The largest absolute Gasteiger partial charge is 0.490 e. The molecule has 1 aromatic heterocycles. The zero-order chi connectivity index (χ0) is 33.3. The second kappa shape index (κ2) is 14.0. The van der Waals surface area contributed by atoms with Crippen molar-refractivity contribution in [2.24, 2.45) is 5.73 Å². The van der Waals surface area contributed by atoms with E-state index in [0.717, 1.165) is 6.07 Å². The number of nitrogens with one attached hydrogen (secondary N) is 2. The number of nitrogens with zero attached hydrogens (tertiary/aromatic N) is 3. The highest BCUT2D eigenvalue weighted by Crippen LogP contribution is 2.40. The first-order valence-electron chi connectivity index (χ1n) is 10.7. The van der Waals surface area contributed by atoms with E-state index < -0.39 is 53.6 Å². The van der Waals surface area contributed by atoms with Crippen LogP contribution in [0.4, 0.5) is 39.5 Å². The van der Waals surface area contributed by atoms with Crippen molar-refractivity contribution in [2.75, 3.05) is 0 Å². The van der Waals surface area contributed by atoms with Crippen molar-refractivity contribution in [3.63, 3.8) is 0 Å². The van der Waals surface area contributed by atoms with Crippen LogP contribution in [0.25, 0.3) is 5.69 Å². The van der Waals surface area contributed by atoms with Gasteiger partial charge in [0.15, 0.2) is 11.7 Å². The van der Waals surface area contributed by atoms with Crippen LogP contribution in [-0.4, -0.2) is 61.4 Å². The summed E-state index contributed by atoms with van der Waals surface area (Å²) < 4.78 is 111. The number of benzene rings is 2. The average molecular weight is 632 g/mol. The van der Waals surface area contributed by atoms with Crippen LogP contribution in [0.5, 0.6) is 11.5 Å². The number of hydrogen-bond donors (Lipinski definition) is 5. The van der Waals surface area contributed by atoms with E-state index in [1.54, 1.807) is 18.2 Å². The molecule has 21 heteroatoms. The number of aryl methyl sites for hydroxylation is 1. The summed E-state index contributed by atoms with van der Waals surface area (Å²) in [5.74, 6) is -7.48. The van der Waals surface area contributed by atoms with Gasteiger partial charge in [0.25, 0.3) is 5.91 Å². The fraction of sp³-hybridized carbons (Fsp3) is 0.182. The molecular formula is C22H17F9N6O6. The fourth-order valence-corrected chi connectivity index (χ4v) is 2.61. The van der Waals surface area contributed by atoms with Crippen LogP contribution >= 0.6 is 0 Å². The van der Waals surface area contributed by atoms with Gasteiger partial charge in [-0.05, 0) is 36.8 Å². The number of ether oxygens (including phenoxy) is 1. The minimum absolute atomic E-state index is 0.115. The van der Waals surface area contributed by atoms with Crippen LogP contribution in [-0.2, 0) is 15.8 Å². The minimum atomic E-state index is -5.08. The van der Waals surface area contributed by atoms with Crippen molar-refractivity contribution in [2.45, 2.75) is 25.5 Å². The quantitative estimate of drug-likeness (QED) is 0.159. The van der Waals surface area contributed by atoms with Crippen molar-refractivity contribution in [3.8, 4) is 17.2 Å². The molecule has 0 unspecified atom stereocenters. The molecule has 0 saturated carbocycles. The summed E-state index contributed by atoms with van der Waals surface area (Å²) >= 11 is 0. The molecule has 43 heavy (non-hydrogen) atoms. The maximum atomic E-state index is 13.7. The van der Waals surface area contributed by atoms with E-state index in [4.69, 9.17) is 35.7 Å². The molecule has 0 saturated heterocycles. The molecular weight excluding hydrogens is 615 g/mol. The van der Waals surface area contributed by atoms with Gasteiger partial charge in [-0.2, -0.15) is 39.5 Å². The second-order valence-corrected chi connectivity index (χ2v) is 7.55. The number of carboxylic acids is 2. The third-order valence-electron chi connectivity index (χ3n) is 4.36. The van der Waals surface area contributed by atoms with Crippen molar-refractivity contribution in [1.82, 2.24) is 20.3 Å². The Bertz CT molecular complexity index is 1430. The first kappa shape index (κ1) is 35.7. The first-order chi connectivity index (χ1) is 19.6. The van der Waals surface area contributed by atoms with E-state index in [9.17, 15) is 44.3 Å². The lowest BCUT2D eigenvalue weighted by molar-refractivity contribution is -0.193. The van der Waals surface area contributed by atoms with Crippen molar-refractivity contribution in [3.05, 3.63) is 65.5 Å². The Hall–Kier alpha value is -5.37. The smallest absolute Gasteiger partial charge is 0.475 e. The summed E-state index contributed by atoms with van der Waals surface area (Å²) in [5.41, 5.74) is 4.27. The maximum Gasteiger partial charge on any atom is 0.490 e. The SMILES string of the molecule is Cc1cc(Oc2ccccc2-n2ccnn2)c(C(F)(F)F)cc1C(=O)NC(=N)N.O=C(O)C(F)(F)F.O=C(O)C(F)(F)F. The lowest BCUT2D eigenvalue weighted by Gasteiger charge is -2.18. The number of carbonyl (C=O) groups excluding carboxylic acids is 1. The van der Waals surface area contributed by atoms with Gasteiger partial charge in [0.1, 0.15) is 11.4 Å². The summed E-state index contributed by atoms with van der Waals surface area (Å²) in [7, 11) is 0. The summed E-state index contributed by atoms with van der Waals surface area (Å²) in [5, 5.41) is 30.8. The molecule has 0 bridgehead atoms. The highest BCUT2D eigenvalue weighted by molar-refractivity contribution is 6.05. The Labute approximate surface area is 233 Å². The molecule has 0 fully saturated rings. The van der Waals surface area contributed by atoms with Crippen LogP contribution in [0.2, 0.25) is 0 Å². The van der Waals surface area contributed by atoms with Crippen LogP contribution in [0.1, 0.15) is 21.5 Å².